The predicted octanol–water partition coefficient (Wildman–Crippen LogP) is 4.33. The van der Waals surface area contributed by atoms with Crippen molar-refractivity contribution < 1.29 is 24.1 Å². The van der Waals surface area contributed by atoms with Gasteiger partial charge in [-0.15, -0.1) is 0 Å². The van der Waals surface area contributed by atoms with Crippen LogP contribution < -0.4 is 0 Å². The first-order chi connectivity index (χ1) is 12.5. The molecule has 5 nitrogen and oxygen atoms in total. The molecule has 0 aliphatic carbocycles. The van der Waals surface area contributed by atoms with Gasteiger partial charge < -0.3 is 14.9 Å². The molecule has 1 aliphatic heterocycles. The van der Waals surface area contributed by atoms with Crippen molar-refractivity contribution in [1.29, 1.82) is 0 Å². The van der Waals surface area contributed by atoms with Crippen molar-refractivity contribution in [2.45, 2.75) is 0 Å². The first-order valence-electron chi connectivity index (χ1n) is 7.53. The van der Waals surface area contributed by atoms with Crippen molar-refractivity contribution in [3.8, 4) is 5.75 Å². The van der Waals surface area contributed by atoms with Gasteiger partial charge in [-0.3, -0.25) is 0 Å². The number of benzene rings is 2. The smallest absolute Gasteiger partial charge is 0.344 e. The predicted molar refractivity (Wildman–Crippen MR) is 98.8 cm³/mol. The Morgan fingerprint density at radius 2 is 1.92 bits per heavy atom. The van der Waals surface area contributed by atoms with Crippen LogP contribution in [0.3, 0.4) is 0 Å². The summed E-state index contributed by atoms with van der Waals surface area (Å²) in [6.45, 7) is 0. The zero-order valence-corrected chi connectivity index (χ0v) is 14.5. The second-order valence-corrected chi connectivity index (χ2v) is 6.34. The fraction of sp³-hybridized carbons (Fsp3) is 0.0526. The van der Waals surface area contributed by atoms with E-state index in [9.17, 15) is 19.4 Å². The van der Waals surface area contributed by atoms with Gasteiger partial charge in [-0.2, -0.15) is 0 Å². The van der Waals surface area contributed by atoms with Gasteiger partial charge in [-0.1, -0.05) is 23.9 Å². The monoisotopic (exact) mass is 371 g/mol. The molecule has 0 saturated heterocycles. The molecule has 1 heterocycles. The lowest BCUT2D eigenvalue weighted by Crippen LogP contribution is -2.10. The molecule has 0 unspecified atom stereocenters. The van der Waals surface area contributed by atoms with Crippen LogP contribution in [0.15, 0.2) is 69.8 Å². The number of hydrogen-bond donors (Lipinski definition) is 2. The molecule has 0 aromatic heterocycles. The zero-order chi connectivity index (χ0) is 18.7. The Kier molecular flexibility index (Phi) is 5.09. The number of aliphatic hydroxyl groups excluding tert-OH is 1. The minimum atomic E-state index is -0.727. The van der Waals surface area contributed by atoms with Crippen LogP contribution in [0.5, 0.6) is 5.75 Å². The van der Waals surface area contributed by atoms with E-state index in [1.807, 2.05) is 0 Å². The minimum Gasteiger partial charge on any atom is -0.508 e. The number of aliphatic imine (C=N–C) groups is 1. The van der Waals surface area contributed by atoms with Crippen LogP contribution in [0, 0.1) is 5.82 Å². The average molecular weight is 371 g/mol. The molecule has 132 valence electrons. The topological polar surface area (TPSA) is 79.1 Å². The summed E-state index contributed by atoms with van der Waals surface area (Å²) in [4.78, 5) is 16.8. The summed E-state index contributed by atoms with van der Waals surface area (Å²) in [6, 6.07) is 11.9. The number of thioether (sulfide) groups is 1. The SMILES string of the molecule is COC(=O)C1=C(O)/C(=C\c2cccc(O)c2)SC1=Nc1ccc(F)cc1. The van der Waals surface area contributed by atoms with Crippen LogP contribution in [0.1, 0.15) is 5.56 Å². The molecule has 0 amide bonds. The van der Waals surface area contributed by atoms with E-state index >= 15 is 0 Å². The Bertz CT molecular complexity index is 948. The number of aliphatic hydroxyl groups is 1. The number of aromatic hydroxyl groups is 1. The number of carbonyl (C=O) groups is 1. The largest absolute Gasteiger partial charge is 0.508 e. The lowest BCUT2D eigenvalue weighted by atomic mass is 10.1. The third kappa shape index (κ3) is 3.78. The van der Waals surface area contributed by atoms with E-state index in [1.165, 1.54) is 43.5 Å². The second-order valence-electron chi connectivity index (χ2n) is 5.31. The normalized spacial score (nSPS) is 17.2. The van der Waals surface area contributed by atoms with Gasteiger partial charge in [0.25, 0.3) is 0 Å². The number of halogens is 1. The summed E-state index contributed by atoms with van der Waals surface area (Å²) in [5.74, 6) is -1.30. The molecular weight excluding hydrogens is 357 g/mol. The van der Waals surface area contributed by atoms with Crippen molar-refractivity contribution in [1.82, 2.24) is 0 Å². The van der Waals surface area contributed by atoms with Gasteiger partial charge in [0.15, 0.2) is 0 Å². The Hall–Kier alpha value is -3.06. The first-order valence-corrected chi connectivity index (χ1v) is 8.34. The number of nitrogens with zero attached hydrogens (tertiary/aromatic N) is 1. The number of methoxy groups -OCH3 is 1. The molecule has 0 spiro atoms. The minimum absolute atomic E-state index is 0.0618. The number of ether oxygens (including phenoxy) is 1. The van der Waals surface area contributed by atoms with Crippen molar-refractivity contribution in [2.24, 2.45) is 4.99 Å². The molecular formula is C19H14FNO4S. The van der Waals surface area contributed by atoms with Crippen molar-refractivity contribution in [3.05, 3.63) is 76.1 Å². The van der Waals surface area contributed by atoms with Crippen LogP contribution in [-0.2, 0) is 9.53 Å². The fourth-order valence-corrected chi connectivity index (χ4v) is 3.32. The van der Waals surface area contributed by atoms with E-state index < -0.39 is 11.8 Å². The van der Waals surface area contributed by atoms with Crippen LogP contribution in [0.2, 0.25) is 0 Å². The summed E-state index contributed by atoms with van der Waals surface area (Å²) >= 11 is 1.08. The Labute approximate surface area is 153 Å². The van der Waals surface area contributed by atoms with Crippen molar-refractivity contribution in [2.75, 3.05) is 7.11 Å². The van der Waals surface area contributed by atoms with Crippen LogP contribution in [0.25, 0.3) is 6.08 Å². The van der Waals surface area contributed by atoms with Crippen molar-refractivity contribution in [3.63, 3.8) is 0 Å². The van der Waals surface area contributed by atoms with Gasteiger partial charge in [0.2, 0.25) is 0 Å². The molecule has 2 aromatic rings. The molecule has 2 aromatic carbocycles. The van der Waals surface area contributed by atoms with Gasteiger partial charge in [-0.05, 0) is 48.0 Å². The molecule has 0 saturated carbocycles. The molecule has 0 bridgehead atoms. The Morgan fingerprint density at radius 3 is 2.58 bits per heavy atom. The highest BCUT2D eigenvalue weighted by atomic mass is 32.2. The molecule has 0 fully saturated rings. The third-order valence-corrected chi connectivity index (χ3v) is 4.53. The summed E-state index contributed by atoms with van der Waals surface area (Å²) < 4.78 is 17.8. The zero-order valence-electron chi connectivity index (χ0n) is 13.6. The van der Waals surface area contributed by atoms with Gasteiger partial charge >= 0.3 is 5.97 Å². The van der Waals surface area contributed by atoms with Crippen molar-refractivity contribution >= 4 is 34.5 Å². The number of carbonyl (C=O) groups excluding carboxylic acids is 1. The van der Waals surface area contributed by atoms with E-state index in [-0.39, 0.29) is 22.1 Å². The molecule has 3 rings (SSSR count). The first kappa shape index (κ1) is 17.8. The maximum atomic E-state index is 13.1. The molecule has 1 aliphatic rings. The lowest BCUT2D eigenvalue weighted by Gasteiger charge is -2.01. The molecule has 0 atom stereocenters. The summed E-state index contributed by atoms with van der Waals surface area (Å²) in [5.41, 5.74) is 1.02. The summed E-state index contributed by atoms with van der Waals surface area (Å²) in [6.07, 6.45) is 1.62. The highest BCUT2D eigenvalue weighted by Gasteiger charge is 2.32. The number of phenols is 1. The van der Waals surface area contributed by atoms with E-state index in [0.29, 0.717) is 16.2 Å². The third-order valence-electron chi connectivity index (χ3n) is 3.51. The van der Waals surface area contributed by atoms with Crippen LogP contribution in [-0.4, -0.2) is 28.3 Å². The summed E-state index contributed by atoms with van der Waals surface area (Å²) in [7, 11) is 1.21. The number of rotatable bonds is 3. The number of esters is 1. The molecule has 0 radical (unpaired) electrons. The molecule has 2 N–H and O–H groups in total. The van der Waals surface area contributed by atoms with E-state index in [4.69, 9.17) is 4.74 Å². The number of hydrogen-bond acceptors (Lipinski definition) is 6. The summed E-state index contributed by atoms with van der Waals surface area (Å²) in [5, 5.41) is 20.3. The molecule has 7 heteroatoms. The standard InChI is InChI=1S/C19H14FNO4S/c1-25-19(24)16-17(23)15(10-11-3-2-4-14(22)9-11)26-18(16)21-13-7-5-12(20)6-8-13/h2-10,22-23H,1H3/b15-10+,21-18?. The quantitative estimate of drug-likeness (QED) is 0.785. The maximum Gasteiger partial charge on any atom is 0.344 e. The highest BCUT2D eigenvalue weighted by molar-refractivity contribution is 8.18. The lowest BCUT2D eigenvalue weighted by molar-refractivity contribution is -0.135. The average Bonchev–Trinajstić information content (AvgIpc) is 2.91. The Morgan fingerprint density at radius 1 is 1.19 bits per heavy atom. The van der Waals surface area contributed by atoms with Gasteiger partial charge in [0, 0.05) is 0 Å². The van der Waals surface area contributed by atoms with Gasteiger partial charge in [-0.25, -0.2) is 14.2 Å². The second kappa shape index (κ2) is 7.45. The van der Waals surface area contributed by atoms with Gasteiger partial charge in [0.05, 0.1) is 17.7 Å². The Balaban J connectivity index is 2.04. The van der Waals surface area contributed by atoms with Gasteiger partial charge in [0.1, 0.15) is 27.9 Å². The van der Waals surface area contributed by atoms with E-state index in [2.05, 4.69) is 4.99 Å². The number of phenolic OH excluding ortho intramolecular Hbond substituents is 1. The maximum absolute atomic E-state index is 13.1. The van der Waals surface area contributed by atoms with Crippen LogP contribution >= 0.6 is 11.8 Å². The van der Waals surface area contributed by atoms with E-state index in [1.54, 1.807) is 18.2 Å². The van der Waals surface area contributed by atoms with E-state index in [0.717, 1.165) is 11.8 Å². The van der Waals surface area contributed by atoms with Crippen LogP contribution in [0.4, 0.5) is 10.1 Å². The highest BCUT2D eigenvalue weighted by Crippen LogP contribution is 2.40. The fourth-order valence-electron chi connectivity index (χ4n) is 2.29. The molecule has 26 heavy (non-hydrogen) atoms.